The van der Waals surface area contributed by atoms with Crippen LogP contribution in [0.2, 0.25) is 0 Å². The summed E-state index contributed by atoms with van der Waals surface area (Å²) in [6, 6.07) is 0. The summed E-state index contributed by atoms with van der Waals surface area (Å²) in [4.78, 5) is 14.5. The molecule has 6 saturated heterocycles. The number of esters is 1. The van der Waals surface area contributed by atoms with Gasteiger partial charge in [-0.05, 0) is 95.3 Å². The summed E-state index contributed by atoms with van der Waals surface area (Å²) in [6.07, 6.45) is -30.4. The van der Waals surface area contributed by atoms with Crippen LogP contribution in [0.25, 0.3) is 0 Å². The number of carbonyl (C=O) groups excluding carboxylic acids is 1. The molecule has 10 rings (SSSR count). The van der Waals surface area contributed by atoms with Crippen LogP contribution in [0.3, 0.4) is 0 Å². The molecule has 31 heteroatoms. The minimum Gasteiger partial charge on any atom is -0.726 e. The first-order valence-electron chi connectivity index (χ1n) is 30.9. The van der Waals surface area contributed by atoms with Crippen LogP contribution < -0.4 is 29.6 Å². The van der Waals surface area contributed by atoms with Crippen LogP contribution >= 0.6 is 0 Å². The Bertz CT molecular complexity index is 2670. The van der Waals surface area contributed by atoms with Crippen molar-refractivity contribution in [2.24, 2.45) is 39.4 Å². The zero-order chi connectivity index (χ0) is 65.0. The molecular formula is C59H93NaO29S. The molecule has 0 aromatic heterocycles. The molecule has 3 saturated carbocycles. The number of methoxy groups -OCH3 is 1. The predicted octanol–water partition coefficient (Wildman–Crippen LogP) is -5.47. The van der Waals surface area contributed by atoms with Crippen molar-refractivity contribution in [3.8, 4) is 0 Å². The van der Waals surface area contributed by atoms with Gasteiger partial charge in [-0.15, -0.1) is 0 Å². The molecule has 29 nitrogen and oxygen atoms in total. The molecule has 1 unspecified atom stereocenters. The van der Waals surface area contributed by atoms with Gasteiger partial charge in [0, 0.05) is 24.9 Å². The zero-order valence-electron chi connectivity index (χ0n) is 52.5. The number of hydrogen-bond acceptors (Lipinski definition) is 29. The molecule has 6 heterocycles. The van der Waals surface area contributed by atoms with Gasteiger partial charge in [0.1, 0.15) is 109 Å². The van der Waals surface area contributed by atoms with E-state index in [1.165, 1.54) is 19.6 Å². The maximum atomic E-state index is 14.5. The van der Waals surface area contributed by atoms with Crippen LogP contribution in [0, 0.1) is 39.4 Å². The maximum Gasteiger partial charge on any atom is 1.00 e. The van der Waals surface area contributed by atoms with E-state index in [2.05, 4.69) is 33.8 Å². The quantitative estimate of drug-likeness (QED) is 0.0200. The third-order valence-electron chi connectivity index (χ3n) is 21.9. The first kappa shape index (κ1) is 73.2. The van der Waals surface area contributed by atoms with Crippen molar-refractivity contribution in [2.45, 2.75) is 265 Å². The van der Waals surface area contributed by atoms with E-state index in [-0.39, 0.29) is 58.7 Å². The number of allylic oxidation sites excluding steroid dienone is 2. The van der Waals surface area contributed by atoms with Gasteiger partial charge in [-0.3, -0.25) is 8.98 Å². The molecular weight excluding hydrogens is 1230 g/mol. The van der Waals surface area contributed by atoms with E-state index in [9.17, 15) is 79.0 Å². The predicted molar refractivity (Wildman–Crippen MR) is 297 cm³/mol. The van der Waals surface area contributed by atoms with Gasteiger partial charge in [-0.1, -0.05) is 51.5 Å². The number of cyclic esters (lactones) is 1. The minimum absolute atomic E-state index is 0. The molecule has 0 aromatic carbocycles. The molecule has 10 aliphatic rings. The fourth-order valence-electron chi connectivity index (χ4n) is 17.2. The summed E-state index contributed by atoms with van der Waals surface area (Å²) in [6.45, 7) is 12.5. The average molecular weight is 1320 g/mol. The molecule has 12 N–H and O–H groups in total. The van der Waals surface area contributed by atoms with Gasteiger partial charge >= 0.3 is 35.5 Å². The van der Waals surface area contributed by atoms with Crippen LogP contribution in [-0.4, -0.2) is 272 Å². The Balaban J connectivity index is 0.00000960. The smallest absolute Gasteiger partial charge is 0.726 e. The van der Waals surface area contributed by atoms with Gasteiger partial charge in [-0.2, -0.15) is 0 Å². The van der Waals surface area contributed by atoms with Gasteiger partial charge in [0.15, 0.2) is 31.5 Å². The van der Waals surface area contributed by atoms with E-state index in [4.69, 9.17) is 61.0 Å². The van der Waals surface area contributed by atoms with Crippen molar-refractivity contribution in [3.05, 3.63) is 23.8 Å². The molecule has 0 radical (unpaired) electrons. The largest absolute Gasteiger partial charge is 1.00 e. The average Bonchev–Trinajstić information content (AvgIpc) is 1.45. The van der Waals surface area contributed by atoms with Gasteiger partial charge in [0.25, 0.3) is 0 Å². The Morgan fingerprint density at radius 3 is 1.88 bits per heavy atom. The summed E-state index contributed by atoms with van der Waals surface area (Å²) in [5.41, 5.74) is -2.68. The third-order valence-corrected chi connectivity index (χ3v) is 22.4. The fourth-order valence-corrected chi connectivity index (χ4v) is 17.7. The topological polar surface area (TPSA) is 437 Å². The van der Waals surface area contributed by atoms with Crippen molar-refractivity contribution >= 4 is 16.4 Å². The Hall–Kier alpha value is -1.10. The Kier molecular flexibility index (Phi) is 22.2. The van der Waals surface area contributed by atoms with Gasteiger partial charge in [-0.25, -0.2) is 8.42 Å². The molecule has 510 valence electrons. The van der Waals surface area contributed by atoms with E-state index in [0.717, 1.165) is 19.3 Å². The van der Waals surface area contributed by atoms with Crippen LogP contribution in [0.5, 0.6) is 0 Å². The first-order chi connectivity index (χ1) is 41.6. The van der Waals surface area contributed by atoms with E-state index in [1.54, 1.807) is 19.9 Å². The number of ether oxygens (including phenoxy) is 12. The zero-order valence-corrected chi connectivity index (χ0v) is 55.3. The van der Waals surface area contributed by atoms with Crippen LogP contribution in [-0.2, 0) is 76.2 Å². The first-order valence-corrected chi connectivity index (χ1v) is 32.2. The Morgan fingerprint density at radius 1 is 0.667 bits per heavy atom. The maximum absolute atomic E-state index is 14.5. The molecule has 0 aromatic rings. The Morgan fingerprint density at radius 2 is 1.26 bits per heavy atom. The van der Waals surface area contributed by atoms with Crippen molar-refractivity contribution in [1.82, 2.24) is 0 Å². The van der Waals surface area contributed by atoms with Crippen LogP contribution in [0.1, 0.15) is 107 Å². The number of rotatable bonds is 18. The number of hydrogen-bond donors (Lipinski definition) is 12. The van der Waals surface area contributed by atoms with Crippen molar-refractivity contribution < 1.29 is 170 Å². The van der Waals surface area contributed by atoms with Gasteiger partial charge in [0.05, 0.1) is 49.7 Å². The van der Waals surface area contributed by atoms with Crippen molar-refractivity contribution in [1.29, 1.82) is 0 Å². The normalized spacial score (nSPS) is 50.4. The van der Waals surface area contributed by atoms with E-state index >= 15 is 0 Å². The third kappa shape index (κ3) is 13.1. The Labute approximate surface area is 545 Å². The van der Waals surface area contributed by atoms with Crippen molar-refractivity contribution in [2.75, 3.05) is 33.5 Å². The molecule has 0 bridgehead atoms. The van der Waals surface area contributed by atoms with Gasteiger partial charge < -0.3 is 123 Å². The second kappa shape index (κ2) is 27.3. The molecule has 9 fully saturated rings. The van der Waals surface area contributed by atoms with E-state index < -0.39 is 212 Å². The molecule has 4 aliphatic carbocycles. The second-order valence-corrected chi connectivity index (χ2v) is 29.1. The summed E-state index contributed by atoms with van der Waals surface area (Å²) < 4.78 is 114. The summed E-state index contributed by atoms with van der Waals surface area (Å²) in [7, 11) is -4.34. The fraction of sp³-hybridized carbons (Fsp3) is 0.915. The van der Waals surface area contributed by atoms with Crippen molar-refractivity contribution in [3.63, 3.8) is 0 Å². The summed E-state index contributed by atoms with van der Waals surface area (Å²) >= 11 is 0. The van der Waals surface area contributed by atoms with Gasteiger partial charge in [0.2, 0.25) is 10.4 Å². The second-order valence-electron chi connectivity index (χ2n) is 28.1. The molecule has 31 atom stereocenters. The van der Waals surface area contributed by atoms with E-state index in [0.29, 0.717) is 32.1 Å². The number of fused-ring (bicyclic) bond motifs is 4. The van der Waals surface area contributed by atoms with Crippen LogP contribution in [0.4, 0.5) is 0 Å². The standard InChI is InChI=1S/C59H94O29S.Na/c1-25-43(83-50-42(70)45(37(65)30(22-61)81-50)84-49-41(69)44(76-9)36(64)29(21-60)80-49)40(68)47(85-48-39(67)35(63)28(62)23-77-48)52(79-25)86-46-38(66)31(88-89(73,74)75)24-78-51(46)82-34-15-18-56(6)26-13-20-59-33(58(8,87-53(59)71)17-10-16-54(2,3)72)14-19-57(59,7)27(26)11-12-32(56)55(34,4)5;/h10-11,16,25-26,28-52,60-70,72H,12-15,17-24H2,1-9H3,(H,73,74,75);/q;+1/p-1/b16-10+;/t25-,26+,28-,29-,30-,31-,32+,33-,34?,35+,36-,37-,38+,39-,40+,41-,42-,43-,44+,45+,46-,47-,48+,49+,50+,51+,52+,56-,57+,58+,59-;/m1./s1. The van der Waals surface area contributed by atoms with E-state index in [1.807, 2.05) is 13.0 Å². The monoisotopic (exact) mass is 1320 g/mol. The number of aliphatic hydroxyl groups is 12. The SMILES string of the molecule is CO[C@@H]1[C@@H](O)[C@H](O[C@@H]2[C@@H](O)[C@H](O[C@H]3[C@H](O)[C@@H](O[C@@H]4OC[C@@H](O)[C@H](O)[C@H]4O)[C@H](O[C@H]4[C@H](OC5CC[C@]6(C)[C@H]7CC[C@]89C(=O)O[C@@](C)(C/C=C/C(C)(C)O)[C@H]8CC[C@@]9(C)C7=CC[C@H]6C5(C)C)OC[C@@H](OS(=O)(=O)[O-])[C@@H]4O)O[C@@H]3C)O[C@H](CO)[C@H]2O)O[C@H](CO)[C@H]1O.[Na+]. The number of aliphatic hydroxyl groups excluding tert-OH is 11. The molecule has 1 spiro atoms. The molecule has 0 amide bonds. The minimum atomic E-state index is -5.51. The summed E-state index contributed by atoms with van der Waals surface area (Å²) in [5, 5.41) is 132. The molecule has 90 heavy (non-hydrogen) atoms. The summed E-state index contributed by atoms with van der Waals surface area (Å²) in [5.74, 6) is -0.149. The van der Waals surface area contributed by atoms with Crippen LogP contribution in [0.15, 0.2) is 23.8 Å². The molecule has 6 aliphatic heterocycles. The number of carbonyl (C=O) groups is 1.